The molecule has 1 aromatic heterocycles. The van der Waals surface area contributed by atoms with E-state index < -0.39 is 17.1 Å². The third-order valence-electron chi connectivity index (χ3n) is 2.41. The van der Waals surface area contributed by atoms with Gasteiger partial charge >= 0.3 is 6.09 Å². The minimum Gasteiger partial charge on any atom is -0.388 e. The van der Waals surface area contributed by atoms with Gasteiger partial charge in [0.25, 0.3) is 17.7 Å². The molecule has 0 aromatic carbocycles. The second-order valence-electron chi connectivity index (χ2n) is 4.35. The van der Waals surface area contributed by atoms with Crippen LogP contribution in [-0.2, 0) is 16.3 Å². The van der Waals surface area contributed by atoms with Crippen molar-refractivity contribution < 1.29 is 28.8 Å². The average Bonchev–Trinajstić information content (AvgIpc) is 2.48. The van der Waals surface area contributed by atoms with E-state index in [0.29, 0.717) is 5.56 Å². The number of rotatable bonds is 7. The largest absolute Gasteiger partial charge is 0.414 e. The van der Waals surface area contributed by atoms with Crippen LogP contribution in [0.3, 0.4) is 0 Å². The molecule has 1 heterocycles. The zero-order valence-electron chi connectivity index (χ0n) is 12.2. The fourth-order valence-corrected chi connectivity index (χ4v) is 1.38. The van der Waals surface area contributed by atoms with Gasteiger partial charge in [0.2, 0.25) is 0 Å². The highest BCUT2D eigenvalue weighted by atomic mass is 16.9. The molecule has 0 spiro atoms. The Labute approximate surface area is 126 Å². The molecular weight excluding hydrogens is 296 g/mol. The summed E-state index contributed by atoms with van der Waals surface area (Å²) in [6.07, 6.45) is 2.63. The standard InChI is InChI=1S/C12H16N4O6/c1-14(2)12(18)21-9-15-6-3-4-10(8-15)11(17)13-5-7-22-16(19)20/h3-4,6,8H,5,7,9H2,1-2H3/p+1. The van der Waals surface area contributed by atoms with Crippen LogP contribution in [0.5, 0.6) is 0 Å². The number of carbonyl (C=O) groups is 2. The van der Waals surface area contributed by atoms with Crippen molar-refractivity contribution in [1.29, 1.82) is 0 Å². The van der Waals surface area contributed by atoms with Crippen LogP contribution in [0.15, 0.2) is 24.5 Å². The lowest BCUT2D eigenvalue weighted by Crippen LogP contribution is -2.39. The van der Waals surface area contributed by atoms with Crippen LogP contribution in [0, 0.1) is 10.1 Å². The van der Waals surface area contributed by atoms with Gasteiger partial charge in [-0.2, -0.15) is 4.57 Å². The van der Waals surface area contributed by atoms with E-state index in [1.54, 1.807) is 32.4 Å². The molecular formula is C12H17N4O6+. The van der Waals surface area contributed by atoms with E-state index in [9.17, 15) is 19.7 Å². The number of aromatic nitrogens is 1. The number of nitrogens with zero attached hydrogens (tertiary/aromatic N) is 3. The summed E-state index contributed by atoms with van der Waals surface area (Å²) in [5.41, 5.74) is 0.324. The Balaban J connectivity index is 2.50. The topological polar surface area (TPSA) is 115 Å². The van der Waals surface area contributed by atoms with Crippen LogP contribution in [0.1, 0.15) is 10.4 Å². The molecule has 0 bridgehead atoms. The van der Waals surface area contributed by atoms with Crippen molar-refractivity contribution >= 4 is 12.0 Å². The first-order chi connectivity index (χ1) is 10.4. The lowest BCUT2D eigenvalue weighted by atomic mass is 10.2. The van der Waals surface area contributed by atoms with Gasteiger partial charge in [-0.1, -0.05) is 0 Å². The number of hydrogen-bond donors (Lipinski definition) is 1. The molecule has 0 atom stereocenters. The van der Waals surface area contributed by atoms with Gasteiger partial charge in [0.05, 0.1) is 0 Å². The molecule has 0 fully saturated rings. The Morgan fingerprint density at radius 3 is 2.82 bits per heavy atom. The van der Waals surface area contributed by atoms with Gasteiger partial charge in [0.1, 0.15) is 12.2 Å². The Hall–Kier alpha value is -2.91. The highest BCUT2D eigenvalue weighted by Gasteiger charge is 2.12. The first-order valence-electron chi connectivity index (χ1n) is 6.29. The lowest BCUT2D eigenvalue weighted by molar-refractivity contribution is -0.757. The molecule has 0 unspecified atom stereocenters. The van der Waals surface area contributed by atoms with Crippen molar-refractivity contribution in [3.8, 4) is 0 Å². The second-order valence-corrected chi connectivity index (χ2v) is 4.35. The van der Waals surface area contributed by atoms with Crippen LogP contribution >= 0.6 is 0 Å². The molecule has 0 saturated carbocycles. The number of ether oxygens (including phenoxy) is 1. The van der Waals surface area contributed by atoms with Crippen molar-refractivity contribution in [2.75, 3.05) is 27.2 Å². The molecule has 0 aliphatic rings. The van der Waals surface area contributed by atoms with E-state index in [4.69, 9.17) is 4.74 Å². The molecule has 1 rings (SSSR count). The number of carbonyl (C=O) groups excluding carboxylic acids is 2. The number of pyridine rings is 1. The van der Waals surface area contributed by atoms with E-state index >= 15 is 0 Å². The lowest BCUT2D eigenvalue weighted by Gasteiger charge is -2.08. The van der Waals surface area contributed by atoms with Crippen molar-refractivity contribution in [2.24, 2.45) is 0 Å². The van der Waals surface area contributed by atoms with Gasteiger partial charge in [-0.05, 0) is 6.07 Å². The van der Waals surface area contributed by atoms with E-state index in [-0.39, 0.29) is 19.9 Å². The van der Waals surface area contributed by atoms with Crippen LogP contribution < -0.4 is 9.88 Å². The summed E-state index contributed by atoms with van der Waals surface area (Å²) in [5, 5.41) is 11.5. The van der Waals surface area contributed by atoms with E-state index in [1.165, 1.54) is 15.7 Å². The van der Waals surface area contributed by atoms with Crippen molar-refractivity contribution in [3.05, 3.63) is 40.2 Å². The Bertz CT molecular complexity index is 548. The number of amides is 2. The van der Waals surface area contributed by atoms with Crippen LogP contribution in [-0.4, -0.2) is 49.2 Å². The van der Waals surface area contributed by atoms with Crippen LogP contribution in [0.25, 0.3) is 0 Å². The molecule has 0 saturated heterocycles. The molecule has 1 N–H and O–H groups in total. The van der Waals surface area contributed by atoms with Crippen LogP contribution in [0.2, 0.25) is 0 Å². The average molecular weight is 313 g/mol. The Morgan fingerprint density at radius 1 is 1.45 bits per heavy atom. The summed E-state index contributed by atoms with van der Waals surface area (Å²) in [5.74, 6) is -0.416. The minimum absolute atomic E-state index is 0.00429. The molecule has 120 valence electrons. The predicted octanol–water partition coefficient (Wildman–Crippen LogP) is -0.432. The monoisotopic (exact) mass is 313 g/mol. The fourth-order valence-electron chi connectivity index (χ4n) is 1.38. The maximum atomic E-state index is 11.8. The molecule has 0 aliphatic carbocycles. The smallest absolute Gasteiger partial charge is 0.388 e. The third kappa shape index (κ3) is 6.03. The van der Waals surface area contributed by atoms with Crippen molar-refractivity contribution in [1.82, 2.24) is 10.2 Å². The molecule has 10 heteroatoms. The zero-order valence-corrected chi connectivity index (χ0v) is 12.2. The maximum Gasteiger partial charge on any atom is 0.414 e. The number of nitrogens with one attached hydrogen (secondary N) is 1. The predicted molar refractivity (Wildman–Crippen MR) is 72.1 cm³/mol. The second kappa shape index (κ2) is 8.39. The first-order valence-corrected chi connectivity index (χ1v) is 6.29. The normalized spacial score (nSPS) is 9.73. The van der Waals surface area contributed by atoms with E-state index in [2.05, 4.69) is 10.2 Å². The van der Waals surface area contributed by atoms with Gasteiger partial charge in [-0.3, -0.25) is 4.79 Å². The molecule has 10 nitrogen and oxygen atoms in total. The quantitative estimate of drug-likeness (QED) is 0.316. The third-order valence-corrected chi connectivity index (χ3v) is 2.41. The van der Waals surface area contributed by atoms with Gasteiger partial charge in [0.15, 0.2) is 12.4 Å². The number of hydrogen-bond acceptors (Lipinski definition) is 6. The van der Waals surface area contributed by atoms with Crippen LogP contribution in [0.4, 0.5) is 4.79 Å². The van der Waals surface area contributed by atoms with Crippen molar-refractivity contribution in [2.45, 2.75) is 6.73 Å². The Kier molecular flexibility index (Phi) is 6.54. The van der Waals surface area contributed by atoms with Crippen molar-refractivity contribution in [3.63, 3.8) is 0 Å². The summed E-state index contributed by atoms with van der Waals surface area (Å²) in [4.78, 5) is 38.4. The van der Waals surface area contributed by atoms with Gasteiger partial charge in [0, 0.05) is 26.7 Å². The summed E-state index contributed by atoms with van der Waals surface area (Å²) >= 11 is 0. The molecule has 0 radical (unpaired) electrons. The van der Waals surface area contributed by atoms with E-state index in [1.807, 2.05) is 0 Å². The summed E-state index contributed by atoms with van der Waals surface area (Å²) in [7, 11) is 3.12. The van der Waals surface area contributed by atoms with Gasteiger partial charge < -0.3 is 19.8 Å². The van der Waals surface area contributed by atoms with E-state index in [0.717, 1.165) is 0 Å². The van der Waals surface area contributed by atoms with Gasteiger partial charge in [-0.25, -0.2) is 4.79 Å². The SMILES string of the molecule is CN(C)C(=O)OC[n+]1cccc(C(=O)NCCO[N+](=O)[O-])c1. The summed E-state index contributed by atoms with van der Waals surface area (Å²) < 4.78 is 6.49. The summed E-state index contributed by atoms with van der Waals surface area (Å²) in [6, 6.07) is 3.18. The molecule has 0 aliphatic heterocycles. The maximum absolute atomic E-state index is 11.8. The summed E-state index contributed by atoms with van der Waals surface area (Å²) in [6.45, 7) is -0.265. The fraction of sp³-hybridized carbons (Fsp3) is 0.417. The zero-order chi connectivity index (χ0) is 16.5. The first kappa shape index (κ1) is 17.1. The highest BCUT2D eigenvalue weighted by molar-refractivity contribution is 5.93. The molecule has 1 aromatic rings. The minimum atomic E-state index is -0.929. The van der Waals surface area contributed by atoms with Gasteiger partial charge in [-0.15, -0.1) is 10.1 Å². The highest BCUT2D eigenvalue weighted by Crippen LogP contribution is 1.95. The Morgan fingerprint density at radius 2 is 2.18 bits per heavy atom. The molecule has 2 amide bonds. The molecule has 22 heavy (non-hydrogen) atoms.